The minimum atomic E-state index is 0.164. The Morgan fingerprint density at radius 2 is 2.23 bits per heavy atom. The summed E-state index contributed by atoms with van der Waals surface area (Å²) in [6.07, 6.45) is 0. The van der Waals surface area contributed by atoms with Gasteiger partial charge in [-0.05, 0) is 24.6 Å². The molecule has 0 saturated heterocycles. The van der Waals surface area contributed by atoms with Crippen LogP contribution >= 0.6 is 0 Å². The topological polar surface area (TPSA) is 59.4 Å². The standard InChI is InChI=1S/C10H11NO2/c1-6-2-3-7-8(4-6)13-9(5-11)10(7)12/h2-4,12H,5,11H2,1H3. The molecule has 0 amide bonds. The van der Waals surface area contributed by atoms with Gasteiger partial charge in [-0.25, -0.2) is 0 Å². The molecule has 0 aliphatic heterocycles. The molecule has 0 fully saturated rings. The summed E-state index contributed by atoms with van der Waals surface area (Å²) >= 11 is 0. The Labute approximate surface area is 75.8 Å². The van der Waals surface area contributed by atoms with Gasteiger partial charge in [0.2, 0.25) is 0 Å². The van der Waals surface area contributed by atoms with Crippen molar-refractivity contribution in [1.29, 1.82) is 0 Å². The zero-order valence-electron chi connectivity index (χ0n) is 7.37. The number of nitrogens with two attached hydrogens (primary N) is 1. The van der Waals surface area contributed by atoms with E-state index in [1.807, 2.05) is 25.1 Å². The summed E-state index contributed by atoms with van der Waals surface area (Å²) in [4.78, 5) is 0. The first kappa shape index (κ1) is 8.13. The van der Waals surface area contributed by atoms with Gasteiger partial charge in [0.25, 0.3) is 0 Å². The predicted molar refractivity (Wildman–Crippen MR) is 50.5 cm³/mol. The monoisotopic (exact) mass is 177 g/mol. The third-order valence-corrected chi connectivity index (χ3v) is 2.07. The molecule has 13 heavy (non-hydrogen) atoms. The van der Waals surface area contributed by atoms with E-state index in [1.54, 1.807) is 0 Å². The fourth-order valence-electron chi connectivity index (χ4n) is 1.38. The van der Waals surface area contributed by atoms with E-state index < -0.39 is 0 Å². The van der Waals surface area contributed by atoms with Crippen LogP contribution in [0.4, 0.5) is 0 Å². The van der Waals surface area contributed by atoms with E-state index in [2.05, 4.69) is 0 Å². The van der Waals surface area contributed by atoms with Crippen molar-refractivity contribution >= 4 is 11.0 Å². The largest absolute Gasteiger partial charge is 0.504 e. The molecule has 0 bridgehead atoms. The second-order valence-electron chi connectivity index (χ2n) is 3.08. The van der Waals surface area contributed by atoms with Crippen LogP contribution in [0.3, 0.4) is 0 Å². The number of rotatable bonds is 1. The maximum Gasteiger partial charge on any atom is 0.166 e. The molecule has 0 atom stereocenters. The third-order valence-electron chi connectivity index (χ3n) is 2.07. The summed E-state index contributed by atoms with van der Waals surface area (Å²) in [5, 5.41) is 10.3. The Morgan fingerprint density at radius 1 is 1.46 bits per heavy atom. The van der Waals surface area contributed by atoms with E-state index in [4.69, 9.17) is 10.2 Å². The lowest BCUT2D eigenvalue weighted by Crippen LogP contribution is -1.93. The first-order valence-electron chi connectivity index (χ1n) is 4.13. The SMILES string of the molecule is Cc1ccc2c(O)c(CN)oc2c1. The highest BCUT2D eigenvalue weighted by atomic mass is 16.4. The first-order valence-corrected chi connectivity index (χ1v) is 4.13. The fourth-order valence-corrected chi connectivity index (χ4v) is 1.38. The molecule has 0 unspecified atom stereocenters. The van der Waals surface area contributed by atoms with E-state index in [0.717, 1.165) is 10.9 Å². The molecule has 2 rings (SSSR count). The summed E-state index contributed by atoms with van der Waals surface area (Å²) in [6.45, 7) is 2.20. The van der Waals surface area contributed by atoms with Gasteiger partial charge in [0, 0.05) is 0 Å². The molecule has 1 heterocycles. The Bertz CT molecular complexity index is 445. The fraction of sp³-hybridized carbons (Fsp3) is 0.200. The number of hydrogen-bond donors (Lipinski definition) is 2. The van der Waals surface area contributed by atoms with Crippen molar-refractivity contribution in [2.75, 3.05) is 0 Å². The van der Waals surface area contributed by atoms with Crippen LogP contribution in [0.15, 0.2) is 22.6 Å². The summed E-state index contributed by atoms with van der Waals surface area (Å²) < 4.78 is 5.35. The highest BCUT2D eigenvalue weighted by Crippen LogP contribution is 2.31. The van der Waals surface area contributed by atoms with Crippen molar-refractivity contribution in [3.63, 3.8) is 0 Å². The molecule has 0 radical (unpaired) electrons. The van der Waals surface area contributed by atoms with Gasteiger partial charge in [-0.2, -0.15) is 0 Å². The normalized spacial score (nSPS) is 10.9. The van der Waals surface area contributed by atoms with Gasteiger partial charge in [0.05, 0.1) is 11.9 Å². The summed E-state index contributed by atoms with van der Waals surface area (Å²) in [5.41, 5.74) is 7.19. The van der Waals surface area contributed by atoms with Gasteiger partial charge in [0.1, 0.15) is 5.58 Å². The molecular weight excluding hydrogens is 166 g/mol. The summed E-state index contributed by atoms with van der Waals surface area (Å²) in [5.74, 6) is 0.609. The van der Waals surface area contributed by atoms with E-state index in [0.29, 0.717) is 11.3 Å². The van der Waals surface area contributed by atoms with Crippen LogP contribution < -0.4 is 5.73 Å². The average Bonchev–Trinajstić information content (AvgIpc) is 2.42. The number of fused-ring (bicyclic) bond motifs is 1. The van der Waals surface area contributed by atoms with Crippen LogP contribution in [0.1, 0.15) is 11.3 Å². The molecule has 3 nitrogen and oxygen atoms in total. The second-order valence-corrected chi connectivity index (χ2v) is 3.08. The van der Waals surface area contributed by atoms with Crippen molar-refractivity contribution in [2.24, 2.45) is 5.73 Å². The van der Waals surface area contributed by atoms with Crippen LogP contribution in [0, 0.1) is 6.92 Å². The summed E-state index contributed by atoms with van der Waals surface area (Å²) in [7, 11) is 0. The number of hydrogen-bond acceptors (Lipinski definition) is 3. The molecule has 0 spiro atoms. The first-order chi connectivity index (χ1) is 6.22. The van der Waals surface area contributed by atoms with Crippen molar-refractivity contribution in [3.05, 3.63) is 29.5 Å². The van der Waals surface area contributed by atoms with E-state index in [-0.39, 0.29) is 12.3 Å². The van der Waals surface area contributed by atoms with Gasteiger partial charge in [0.15, 0.2) is 11.5 Å². The molecule has 0 aliphatic rings. The number of aryl methyl sites for hydroxylation is 1. The van der Waals surface area contributed by atoms with Gasteiger partial charge in [-0.1, -0.05) is 6.07 Å². The predicted octanol–water partition coefficient (Wildman–Crippen LogP) is 1.91. The number of furan rings is 1. The Kier molecular flexibility index (Phi) is 1.74. The second kappa shape index (κ2) is 2.78. The van der Waals surface area contributed by atoms with Crippen molar-refractivity contribution in [1.82, 2.24) is 0 Å². The Balaban J connectivity index is 2.76. The lowest BCUT2D eigenvalue weighted by molar-refractivity contribution is 0.442. The van der Waals surface area contributed by atoms with Crippen molar-refractivity contribution in [3.8, 4) is 5.75 Å². The lowest BCUT2D eigenvalue weighted by Gasteiger charge is -1.90. The van der Waals surface area contributed by atoms with Gasteiger partial charge in [-0.15, -0.1) is 0 Å². The highest BCUT2D eigenvalue weighted by Gasteiger charge is 2.10. The Hall–Kier alpha value is -1.48. The van der Waals surface area contributed by atoms with E-state index in [9.17, 15) is 5.11 Å². The van der Waals surface area contributed by atoms with Gasteiger partial charge < -0.3 is 15.3 Å². The van der Waals surface area contributed by atoms with Crippen molar-refractivity contribution < 1.29 is 9.52 Å². The van der Waals surface area contributed by atoms with Crippen LogP contribution in [0.5, 0.6) is 5.75 Å². The molecule has 2 aromatic rings. The molecule has 0 saturated carbocycles. The maximum atomic E-state index is 9.61. The van der Waals surface area contributed by atoms with Crippen LogP contribution in [-0.4, -0.2) is 5.11 Å². The van der Waals surface area contributed by atoms with Crippen molar-refractivity contribution in [2.45, 2.75) is 13.5 Å². The lowest BCUT2D eigenvalue weighted by atomic mass is 10.2. The quantitative estimate of drug-likeness (QED) is 0.699. The molecule has 1 aromatic carbocycles. The highest BCUT2D eigenvalue weighted by molar-refractivity contribution is 5.85. The van der Waals surface area contributed by atoms with Gasteiger partial charge in [-0.3, -0.25) is 0 Å². The Morgan fingerprint density at radius 3 is 2.92 bits per heavy atom. The average molecular weight is 177 g/mol. The van der Waals surface area contributed by atoms with E-state index in [1.165, 1.54) is 0 Å². The maximum absolute atomic E-state index is 9.61. The molecule has 3 heteroatoms. The van der Waals surface area contributed by atoms with E-state index >= 15 is 0 Å². The molecular formula is C10H11NO2. The number of aromatic hydroxyl groups is 1. The zero-order valence-corrected chi connectivity index (χ0v) is 7.37. The van der Waals surface area contributed by atoms with Crippen LogP contribution in [-0.2, 0) is 6.54 Å². The number of benzene rings is 1. The minimum absolute atomic E-state index is 0.164. The summed E-state index contributed by atoms with van der Waals surface area (Å²) in [6, 6.07) is 5.65. The smallest absolute Gasteiger partial charge is 0.166 e. The molecule has 1 aromatic heterocycles. The third kappa shape index (κ3) is 1.17. The minimum Gasteiger partial charge on any atom is -0.504 e. The van der Waals surface area contributed by atoms with Crippen LogP contribution in [0.25, 0.3) is 11.0 Å². The molecule has 0 aliphatic carbocycles. The molecule has 3 N–H and O–H groups in total. The zero-order chi connectivity index (χ0) is 9.42. The van der Waals surface area contributed by atoms with Gasteiger partial charge >= 0.3 is 0 Å². The van der Waals surface area contributed by atoms with Crippen LogP contribution in [0.2, 0.25) is 0 Å². The molecule has 68 valence electrons.